The number of likely N-dealkylation sites (tertiary alicyclic amines) is 1. The molecule has 1 aromatic rings. The number of aliphatic hydroxyl groups is 1. The van der Waals surface area contributed by atoms with Crippen LogP contribution in [0.3, 0.4) is 0 Å². The van der Waals surface area contributed by atoms with Crippen LogP contribution in [0.5, 0.6) is 0 Å². The predicted octanol–water partition coefficient (Wildman–Crippen LogP) is 0.346. The maximum Gasteiger partial charge on any atom is 0.249 e. The average molecular weight is 319 g/mol. The van der Waals surface area contributed by atoms with E-state index in [1.165, 1.54) is 0 Å². The average Bonchev–Trinajstić information content (AvgIpc) is 2.55. The highest BCUT2D eigenvalue weighted by atomic mass is 16.3. The van der Waals surface area contributed by atoms with Crippen LogP contribution < -0.4 is 5.73 Å². The van der Waals surface area contributed by atoms with Gasteiger partial charge in [0.1, 0.15) is 5.60 Å². The summed E-state index contributed by atoms with van der Waals surface area (Å²) in [5.41, 5.74) is 4.88. The van der Waals surface area contributed by atoms with Gasteiger partial charge in [0.15, 0.2) is 0 Å². The van der Waals surface area contributed by atoms with Crippen molar-refractivity contribution in [3.8, 4) is 0 Å². The predicted molar refractivity (Wildman–Crippen MR) is 87.3 cm³/mol. The Bertz CT molecular complexity index is 553. The van der Waals surface area contributed by atoms with Crippen molar-refractivity contribution >= 4 is 11.8 Å². The Labute approximate surface area is 136 Å². The molecule has 1 aliphatic heterocycles. The van der Waals surface area contributed by atoms with Gasteiger partial charge in [-0.1, -0.05) is 30.3 Å². The normalized spacial score (nSPS) is 19.1. The van der Waals surface area contributed by atoms with Crippen molar-refractivity contribution in [2.24, 2.45) is 5.73 Å². The second-order valence-electron chi connectivity index (χ2n) is 6.29. The van der Waals surface area contributed by atoms with E-state index in [1.807, 2.05) is 42.2 Å². The third-order valence-electron chi connectivity index (χ3n) is 4.63. The summed E-state index contributed by atoms with van der Waals surface area (Å²) in [6, 6.07) is 9.53. The van der Waals surface area contributed by atoms with Gasteiger partial charge in [-0.2, -0.15) is 0 Å². The highest BCUT2D eigenvalue weighted by Crippen LogP contribution is 2.23. The van der Waals surface area contributed by atoms with Gasteiger partial charge < -0.3 is 15.7 Å². The lowest BCUT2D eigenvalue weighted by atomic mass is 9.90. The van der Waals surface area contributed by atoms with Gasteiger partial charge in [0.2, 0.25) is 11.8 Å². The number of hydrogen-bond donors (Lipinski definition) is 2. The number of nitrogens with two attached hydrogens (primary N) is 1. The maximum atomic E-state index is 12.6. The van der Waals surface area contributed by atoms with Crippen LogP contribution >= 0.6 is 0 Å². The number of likely N-dealkylation sites (N-methyl/N-ethyl adjacent to an activating group) is 1. The van der Waals surface area contributed by atoms with Crippen molar-refractivity contribution in [1.82, 2.24) is 9.80 Å². The van der Waals surface area contributed by atoms with Gasteiger partial charge in [-0.25, -0.2) is 0 Å². The van der Waals surface area contributed by atoms with Crippen LogP contribution in [0.4, 0.5) is 0 Å². The number of amides is 2. The molecule has 1 saturated heterocycles. The van der Waals surface area contributed by atoms with E-state index in [0.29, 0.717) is 19.6 Å². The molecule has 1 unspecified atom stereocenters. The van der Waals surface area contributed by atoms with Crippen LogP contribution in [0, 0.1) is 0 Å². The molecular weight excluding hydrogens is 294 g/mol. The molecule has 0 aliphatic carbocycles. The van der Waals surface area contributed by atoms with E-state index in [2.05, 4.69) is 0 Å². The first-order valence-corrected chi connectivity index (χ1v) is 7.89. The van der Waals surface area contributed by atoms with Crippen molar-refractivity contribution in [2.45, 2.75) is 38.0 Å². The molecule has 23 heavy (non-hydrogen) atoms. The lowest BCUT2D eigenvalue weighted by Gasteiger charge is -2.39. The van der Waals surface area contributed by atoms with Gasteiger partial charge in [0.05, 0.1) is 6.04 Å². The largest absolute Gasteiger partial charge is 0.380 e. The molecule has 1 aliphatic rings. The Morgan fingerprint density at radius 2 is 1.87 bits per heavy atom. The molecular formula is C17H25N3O3. The fraction of sp³-hybridized carbons (Fsp3) is 0.529. The molecule has 0 saturated carbocycles. The molecule has 1 atom stereocenters. The summed E-state index contributed by atoms with van der Waals surface area (Å²) in [5.74, 6) is -0.657. The van der Waals surface area contributed by atoms with Gasteiger partial charge >= 0.3 is 0 Å². The van der Waals surface area contributed by atoms with E-state index in [-0.39, 0.29) is 24.8 Å². The summed E-state index contributed by atoms with van der Waals surface area (Å²) >= 11 is 0. The Balaban J connectivity index is 1.91. The third-order valence-corrected chi connectivity index (χ3v) is 4.63. The Morgan fingerprint density at radius 3 is 2.39 bits per heavy atom. The second-order valence-corrected chi connectivity index (χ2v) is 6.29. The fourth-order valence-electron chi connectivity index (χ4n) is 2.94. The molecule has 1 fully saturated rings. The molecule has 0 bridgehead atoms. The number of benzene rings is 1. The van der Waals surface area contributed by atoms with E-state index in [9.17, 15) is 14.7 Å². The number of rotatable bonds is 5. The minimum absolute atomic E-state index is 0.0263. The minimum Gasteiger partial charge on any atom is -0.380 e. The van der Waals surface area contributed by atoms with Crippen LogP contribution in [-0.2, 0) is 16.1 Å². The Morgan fingerprint density at radius 1 is 1.30 bits per heavy atom. The molecule has 0 radical (unpaired) electrons. The zero-order chi connectivity index (χ0) is 17.0. The monoisotopic (exact) mass is 319 g/mol. The first-order chi connectivity index (χ1) is 10.8. The van der Waals surface area contributed by atoms with Crippen LogP contribution in [0.25, 0.3) is 0 Å². The number of nitrogens with zero attached hydrogens (tertiary/aromatic N) is 2. The molecule has 0 aromatic heterocycles. The maximum absolute atomic E-state index is 12.6. The van der Waals surface area contributed by atoms with Gasteiger partial charge in [0.25, 0.3) is 0 Å². The van der Waals surface area contributed by atoms with Crippen LogP contribution in [0.1, 0.15) is 25.3 Å². The fourth-order valence-corrected chi connectivity index (χ4v) is 2.94. The molecule has 0 spiro atoms. The highest BCUT2D eigenvalue weighted by molar-refractivity contribution is 5.83. The summed E-state index contributed by atoms with van der Waals surface area (Å²) in [6.45, 7) is 3.37. The van der Waals surface area contributed by atoms with Crippen molar-refractivity contribution in [2.75, 3.05) is 20.1 Å². The van der Waals surface area contributed by atoms with Crippen molar-refractivity contribution in [3.05, 3.63) is 35.9 Å². The summed E-state index contributed by atoms with van der Waals surface area (Å²) in [7, 11) is 1.79. The number of hydrogen-bond acceptors (Lipinski definition) is 4. The second kappa shape index (κ2) is 7.10. The lowest BCUT2D eigenvalue weighted by Crippen LogP contribution is -2.56. The van der Waals surface area contributed by atoms with Gasteiger partial charge in [-0.3, -0.25) is 14.5 Å². The number of carbonyl (C=O) groups excluding carboxylic acids is 2. The van der Waals surface area contributed by atoms with Crippen molar-refractivity contribution in [3.63, 3.8) is 0 Å². The lowest BCUT2D eigenvalue weighted by molar-refractivity contribution is -0.144. The molecule has 2 rings (SSSR count). The van der Waals surface area contributed by atoms with Crippen molar-refractivity contribution in [1.29, 1.82) is 0 Å². The van der Waals surface area contributed by atoms with Crippen LogP contribution in [0.15, 0.2) is 30.3 Å². The van der Waals surface area contributed by atoms with Crippen molar-refractivity contribution < 1.29 is 14.7 Å². The number of piperidine rings is 1. The summed E-state index contributed by atoms with van der Waals surface area (Å²) < 4.78 is 0. The Hall–Kier alpha value is -1.92. The number of primary amides is 1. The molecule has 126 valence electrons. The first-order valence-electron chi connectivity index (χ1n) is 7.89. The quantitative estimate of drug-likeness (QED) is 0.820. The van der Waals surface area contributed by atoms with E-state index in [0.717, 1.165) is 5.56 Å². The molecule has 1 heterocycles. The zero-order valence-electron chi connectivity index (χ0n) is 13.7. The summed E-state index contributed by atoms with van der Waals surface area (Å²) in [5, 5.41) is 10.1. The third kappa shape index (κ3) is 4.09. The zero-order valence-corrected chi connectivity index (χ0v) is 13.7. The van der Waals surface area contributed by atoms with Gasteiger partial charge in [-0.15, -0.1) is 0 Å². The molecule has 6 heteroatoms. The highest BCUT2D eigenvalue weighted by Gasteiger charge is 2.39. The van der Waals surface area contributed by atoms with E-state index < -0.39 is 11.5 Å². The topological polar surface area (TPSA) is 86.9 Å². The Kier molecular flexibility index (Phi) is 5.38. The van der Waals surface area contributed by atoms with E-state index in [4.69, 9.17) is 5.73 Å². The van der Waals surface area contributed by atoms with Crippen LogP contribution in [0.2, 0.25) is 0 Å². The molecule has 1 aromatic carbocycles. The molecule has 6 nitrogen and oxygen atoms in total. The molecule has 3 N–H and O–H groups in total. The standard InChI is InChI=1S/C17H25N3O3/c1-13(20-10-8-17(23,9-11-20)16(18)22)15(21)19(2)12-14-6-4-3-5-7-14/h3-7,13,23H,8-12H2,1-2H3,(H2,18,22). The minimum atomic E-state index is -1.44. The SMILES string of the molecule is CC(C(=O)N(C)Cc1ccccc1)N1CCC(O)(C(N)=O)CC1. The van der Waals surface area contributed by atoms with E-state index in [1.54, 1.807) is 11.9 Å². The summed E-state index contributed by atoms with van der Waals surface area (Å²) in [4.78, 5) is 27.5. The van der Waals surface area contributed by atoms with Gasteiger partial charge in [0, 0.05) is 26.7 Å². The molecule has 2 amide bonds. The first kappa shape index (κ1) is 17.4. The smallest absolute Gasteiger partial charge is 0.249 e. The number of carbonyl (C=O) groups is 2. The summed E-state index contributed by atoms with van der Waals surface area (Å²) in [6.07, 6.45) is 0.532. The van der Waals surface area contributed by atoms with E-state index >= 15 is 0 Å². The van der Waals surface area contributed by atoms with Gasteiger partial charge in [-0.05, 0) is 25.3 Å². The van der Waals surface area contributed by atoms with Crippen LogP contribution in [-0.4, -0.2) is 58.5 Å².